The number of nitrogens with one attached hydrogen (secondary N) is 1. The normalized spacial score (nSPS) is 14.0. The van der Waals surface area contributed by atoms with Crippen molar-refractivity contribution in [2.45, 2.75) is 0 Å². The fourth-order valence-corrected chi connectivity index (χ4v) is 2.31. The van der Waals surface area contributed by atoms with E-state index in [9.17, 15) is 9.18 Å². The molecule has 0 aromatic heterocycles. The number of amides is 2. The van der Waals surface area contributed by atoms with Crippen LogP contribution >= 0.6 is 0 Å². The number of nitrogens with zero attached hydrogens (tertiary/aromatic N) is 1. The molecule has 1 N–H and O–H groups in total. The summed E-state index contributed by atoms with van der Waals surface area (Å²) in [6.07, 6.45) is 2.06. The van der Waals surface area contributed by atoms with Gasteiger partial charge in [0.1, 0.15) is 5.82 Å². The first-order valence-corrected chi connectivity index (χ1v) is 6.78. The van der Waals surface area contributed by atoms with Crippen molar-refractivity contribution in [1.29, 1.82) is 0 Å². The second-order valence-corrected chi connectivity index (χ2v) is 4.91. The minimum Gasteiger partial charge on any atom is -0.316 e. The zero-order valence-corrected chi connectivity index (χ0v) is 11.4. The van der Waals surface area contributed by atoms with Crippen LogP contribution in [0.2, 0.25) is 0 Å². The van der Waals surface area contributed by atoms with Crippen LogP contribution in [0, 0.1) is 5.82 Å². The maximum Gasteiger partial charge on any atom is 0.322 e. The van der Waals surface area contributed by atoms with E-state index < -0.39 is 0 Å². The molecule has 0 aliphatic carbocycles. The van der Waals surface area contributed by atoms with Crippen molar-refractivity contribution in [3.8, 4) is 0 Å². The average molecular weight is 282 g/mol. The number of carbonyl (C=O) groups is 1. The van der Waals surface area contributed by atoms with Gasteiger partial charge in [0.05, 0.1) is 0 Å². The van der Waals surface area contributed by atoms with Gasteiger partial charge in [0.15, 0.2) is 0 Å². The standard InChI is InChI=1S/C17H15FN2O/c18-15-6-8-16(9-7-15)19-17(21)20-11-10-14(12-20)13-4-2-1-3-5-13/h1-10H,11-12H2,(H,19,21). The van der Waals surface area contributed by atoms with E-state index in [1.54, 1.807) is 17.0 Å². The Labute approximate surface area is 122 Å². The topological polar surface area (TPSA) is 32.3 Å². The van der Waals surface area contributed by atoms with Crippen LogP contribution in [-0.2, 0) is 0 Å². The van der Waals surface area contributed by atoms with Gasteiger partial charge in [-0.1, -0.05) is 36.4 Å². The molecule has 1 aliphatic heterocycles. The number of urea groups is 1. The first-order chi connectivity index (χ1) is 10.2. The molecular weight excluding hydrogens is 267 g/mol. The zero-order chi connectivity index (χ0) is 14.7. The molecule has 106 valence electrons. The summed E-state index contributed by atoms with van der Waals surface area (Å²) in [6.45, 7) is 1.16. The van der Waals surface area contributed by atoms with Gasteiger partial charge in [-0.2, -0.15) is 0 Å². The summed E-state index contributed by atoms with van der Waals surface area (Å²) in [5.74, 6) is -0.317. The lowest BCUT2D eigenvalue weighted by Gasteiger charge is -2.17. The Morgan fingerprint density at radius 1 is 1.05 bits per heavy atom. The van der Waals surface area contributed by atoms with Gasteiger partial charge in [0.2, 0.25) is 0 Å². The van der Waals surface area contributed by atoms with Crippen molar-refractivity contribution in [1.82, 2.24) is 4.90 Å². The van der Waals surface area contributed by atoms with Gasteiger partial charge < -0.3 is 10.2 Å². The molecule has 3 nitrogen and oxygen atoms in total. The largest absolute Gasteiger partial charge is 0.322 e. The highest BCUT2D eigenvalue weighted by molar-refractivity contribution is 5.91. The van der Waals surface area contributed by atoms with E-state index >= 15 is 0 Å². The molecule has 0 fully saturated rings. The third kappa shape index (κ3) is 3.11. The molecule has 0 bridgehead atoms. The monoisotopic (exact) mass is 282 g/mol. The van der Waals surface area contributed by atoms with Crippen molar-refractivity contribution < 1.29 is 9.18 Å². The Morgan fingerprint density at radius 3 is 2.48 bits per heavy atom. The van der Waals surface area contributed by atoms with Gasteiger partial charge in [0.25, 0.3) is 0 Å². The molecule has 3 rings (SSSR count). The van der Waals surface area contributed by atoms with Crippen LogP contribution in [0.5, 0.6) is 0 Å². The summed E-state index contributed by atoms with van der Waals surface area (Å²) >= 11 is 0. The molecule has 2 amide bonds. The van der Waals surface area contributed by atoms with E-state index in [1.165, 1.54) is 12.1 Å². The number of rotatable bonds is 2. The first kappa shape index (κ1) is 13.4. The molecule has 0 saturated heterocycles. The van der Waals surface area contributed by atoms with Crippen LogP contribution in [0.25, 0.3) is 5.57 Å². The van der Waals surface area contributed by atoms with Crippen molar-refractivity contribution >= 4 is 17.3 Å². The Morgan fingerprint density at radius 2 is 1.76 bits per heavy atom. The molecule has 1 aliphatic rings. The molecule has 0 atom stereocenters. The van der Waals surface area contributed by atoms with Gasteiger partial charge in [-0.25, -0.2) is 9.18 Å². The Bertz CT molecular complexity index is 665. The SMILES string of the molecule is O=C(Nc1ccc(F)cc1)N1CC=C(c2ccccc2)C1. The van der Waals surface area contributed by atoms with Crippen LogP contribution in [0.3, 0.4) is 0 Å². The number of benzene rings is 2. The summed E-state index contributed by atoms with van der Waals surface area (Å²) in [6, 6.07) is 15.6. The fourth-order valence-electron chi connectivity index (χ4n) is 2.31. The summed E-state index contributed by atoms with van der Waals surface area (Å²) < 4.78 is 12.8. The van der Waals surface area contributed by atoms with Gasteiger partial charge in [0, 0.05) is 18.8 Å². The third-order valence-corrected chi connectivity index (χ3v) is 3.45. The fraction of sp³-hybridized carbons (Fsp3) is 0.118. The number of hydrogen-bond donors (Lipinski definition) is 1. The maximum atomic E-state index is 12.8. The zero-order valence-electron chi connectivity index (χ0n) is 11.4. The molecule has 2 aromatic carbocycles. The maximum absolute atomic E-state index is 12.8. The summed E-state index contributed by atoms with van der Waals surface area (Å²) in [5, 5.41) is 2.77. The number of anilines is 1. The molecule has 21 heavy (non-hydrogen) atoms. The minimum absolute atomic E-state index is 0.177. The Hall–Kier alpha value is -2.62. The third-order valence-electron chi connectivity index (χ3n) is 3.45. The Kier molecular flexibility index (Phi) is 3.69. The average Bonchev–Trinajstić information content (AvgIpc) is 3.00. The van der Waals surface area contributed by atoms with Crippen molar-refractivity contribution in [2.24, 2.45) is 0 Å². The summed E-state index contributed by atoms with van der Waals surface area (Å²) in [5.41, 5.74) is 2.87. The molecule has 0 radical (unpaired) electrons. The van der Waals surface area contributed by atoms with Crippen LogP contribution in [-0.4, -0.2) is 24.0 Å². The highest BCUT2D eigenvalue weighted by Gasteiger charge is 2.20. The smallest absolute Gasteiger partial charge is 0.316 e. The lowest BCUT2D eigenvalue weighted by molar-refractivity contribution is 0.225. The lowest BCUT2D eigenvalue weighted by Crippen LogP contribution is -2.33. The van der Waals surface area contributed by atoms with Crippen LogP contribution < -0.4 is 5.32 Å². The van der Waals surface area contributed by atoms with E-state index in [-0.39, 0.29) is 11.8 Å². The first-order valence-electron chi connectivity index (χ1n) is 6.78. The second kappa shape index (κ2) is 5.79. The van der Waals surface area contributed by atoms with Crippen molar-refractivity contribution in [3.05, 3.63) is 72.1 Å². The van der Waals surface area contributed by atoms with E-state index in [0.717, 1.165) is 11.1 Å². The minimum atomic E-state index is -0.317. The molecular formula is C17H15FN2O. The molecule has 0 saturated carbocycles. The number of hydrogen-bond acceptors (Lipinski definition) is 1. The van der Waals surface area contributed by atoms with Crippen molar-refractivity contribution in [2.75, 3.05) is 18.4 Å². The highest BCUT2D eigenvalue weighted by atomic mass is 19.1. The van der Waals surface area contributed by atoms with Crippen LogP contribution in [0.15, 0.2) is 60.7 Å². The predicted molar refractivity (Wildman–Crippen MR) is 81.4 cm³/mol. The van der Waals surface area contributed by atoms with Gasteiger partial charge in [-0.15, -0.1) is 0 Å². The molecule has 4 heteroatoms. The van der Waals surface area contributed by atoms with E-state index in [4.69, 9.17) is 0 Å². The number of carbonyl (C=O) groups excluding carboxylic acids is 1. The second-order valence-electron chi connectivity index (χ2n) is 4.91. The number of halogens is 1. The summed E-state index contributed by atoms with van der Waals surface area (Å²) in [4.78, 5) is 13.9. The van der Waals surface area contributed by atoms with Gasteiger partial charge in [-0.3, -0.25) is 0 Å². The molecule has 2 aromatic rings. The molecule has 1 heterocycles. The van der Waals surface area contributed by atoms with Crippen LogP contribution in [0.1, 0.15) is 5.56 Å². The Balaban J connectivity index is 1.62. The van der Waals surface area contributed by atoms with Gasteiger partial charge in [-0.05, 0) is 35.4 Å². The highest BCUT2D eigenvalue weighted by Crippen LogP contribution is 2.21. The van der Waals surface area contributed by atoms with Crippen LogP contribution in [0.4, 0.5) is 14.9 Å². The van der Waals surface area contributed by atoms with E-state index in [2.05, 4.69) is 11.4 Å². The van der Waals surface area contributed by atoms with E-state index in [1.807, 2.05) is 30.3 Å². The molecule has 0 spiro atoms. The lowest BCUT2D eigenvalue weighted by atomic mass is 10.1. The predicted octanol–water partition coefficient (Wildman–Crippen LogP) is 3.76. The summed E-state index contributed by atoms with van der Waals surface area (Å²) in [7, 11) is 0. The quantitative estimate of drug-likeness (QED) is 0.893. The van der Waals surface area contributed by atoms with E-state index in [0.29, 0.717) is 18.8 Å². The van der Waals surface area contributed by atoms with Gasteiger partial charge >= 0.3 is 6.03 Å². The molecule has 0 unspecified atom stereocenters. The van der Waals surface area contributed by atoms with Crippen molar-refractivity contribution in [3.63, 3.8) is 0 Å².